The number of benzene rings is 3. The number of hydrogen-bond donors (Lipinski definition) is 2. The molecule has 3 aromatic rings. The number of fused-ring (bicyclic) bond motifs is 1. The highest BCUT2D eigenvalue weighted by molar-refractivity contribution is 6.04. The van der Waals surface area contributed by atoms with Crippen molar-refractivity contribution in [3.8, 4) is 0 Å². The molecule has 0 saturated heterocycles. The lowest BCUT2D eigenvalue weighted by atomic mass is 10.1. The quantitative estimate of drug-likeness (QED) is 0.428. The maximum Gasteiger partial charge on any atom is 0.249 e. The first-order valence-corrected chi connectivity index (χ1v) is 7.87. The summed E-state index contributed by atoms with van der Waals surface area (Å²) < 4.78 is 0. The molecule has 0 bridgehead atoms. The molecule has 0 fully saturated rings. The number of anilines is 1. The van der Waals surface area contributed by atoms with Crippen molar-refractivity contribution in [2.45, 2.75) is 6.42 Å². The number of amides is 2. The summed E-state index contributed by atoms with van der Waals surface area (Å²) in [5, 5.41) is 8.74. The number of rotatable bonds is 5. The van der Waals surface area contributed by atoms with E-state index in [1.807, 2.05) is 60.7 Å². The predicted octanol–water partition coefficient (Wildman–Crippen LogP) is 3.32. The Balaban J connectivity index is 1.56. The van der Waals surface area contributed by atoms with Crippen molar-refractivity contribution in [3.63, 3.8) is 0 Å². The van der Waals surface area contributed by atoms with Crippen molar-refractivity contribution >= 4 is 34.5 Å². The van der Waals surface area contributed by atoms with Crippen molar-refractivity contribution in [1.29, 1.82) is 0 Å². The first-order chi connectivity index (χ1) is 12.2. The summed E-state index contributed by atoms with van der Waals surface area (Å²) in [6.07, 6.45) is 1.29. The molecule has 0 unspecified atom stereocenters. The second-order valence-corrected chi connectivity index (χ2v) is 5.45. The van der Waals surface area contributed by atoms with Gasteiger partial charge in [-0.25, -0.2) is 5.43 Å². The lowest BCUT2D eigenvalue weighted by Crippen LogP contribution is -2.24. The molecule has 2 N–H and O–H groups in total. The molecule has 0 aliphatic heterocycles. The molecule has 0 heterocycles. The van der Waals surface area contributed by atoms with Crippen molar-refractivity contribution in [3.05, 3.63) is 78.4 Å². The van der Waals surface area contributed by atoms with Crippen LogP contribution in [0.5, 0.6) is 0 Å². The Labute approximate surface area is 145 Å². The fourth-order valence-corrected chi connectivity index (χ4v) is 2.45. The molecule has 0 atom stereocenters. The number of para-hydroxylation sites is 1. The van der Waals surface area contributed by atoms with Crippen LogP contribution < -0.4 is 10.7 Å². The second kappa shape index (κ2) is 7.88. The van der Waals surface area contributed by atoms with Gasteiger partial charge >= 0.3 is 0 Å². The summed E-state index contributed by atoms with van der Waals surface area (Å²) in [6, 6.07) is 22.8. The summed E-state index contributed by atoms with van der Waals surface area (Å²) >= 11 is 0. The molecule has 0 radical (unpaired) electrons. The molecule has 2 amide bonds. The third-order valence-electron chi connectivity index (χ3n) is 3.59. The van der Waals surface area contributed by atoms with Gasteiger partial charge in [-0.2, -0.15) is 5.10 Å². The molecule has 124 valence electrons. The molecule has 0 aromatic heterocycles. The van der Waals surface area contributed by atoms with Crippen LogP contribution in [-0.4, -0.2) is 18.0 Å². The molecule has 5 heteroatoms. The zero-order valence-corrected chi connectivity index (χ0v) is 13.5. The zero-order chi connectivity index (χ0) is 17.5. The molecule has 3 aromatic carbocycles. The maximum atomic E-state index is 11.8. The molecule has 0 aliphatic rings. The first kappa shape index (κ1) is 16.4. The molecule has 3 rings (SSSR count). The molecule has 25 heavy (non-hydrogen) atoms. The van der Waals surface area contributed by atoms with Crippen LogP contribution in [0.4, 0.5) is 5.69 Å². The molecule has 5 nitrogen and oxygen atoms in total. The fraction of sp³-hybridized carbons (Fsp3) is 0.0500. The van der Waals surface area contributed by atoms with Gasteiger partial charge in [0.05, 0.1) is 6.21 Å². The Morgan fingerprint density at radius 3 is 2.40 bits per heavy atom. The predicted molar refractivity (Wildman–Crippen MR) is 99.4 cm³/mol. The first-order valence-electron chi connectivity index (χ1n) is 7.87. The zero-order valence-electron chi connectivity index (χ0n) is 13.5. The monoisotopic (exact) mass is 331 g/mol. The molecular formula is C20H17N3O2. The molecule has 0 saturated carbocycles. The number of carbonyl (C=O) groups excluding carboxylic acids is 2. The number of nitrogens with one attached hydrogen (secondary N) is 2. The lowest BCUT2D eigenvalue weighted by Gasteiger charge is -2.04. The van der Waals surface area contributed by atoms with E-state index in [4.69, 9.17) is 0 Å². The normalized spacial score (nSPS) is 10.7. The molecule has 0 aliphatic carbocycles. The van der Waals surface area contributed by atoms with Crippen LogP contribution in [0.3, 0.4) is 0 Å². The van der Waals surface area contributed by atoms with E-state index < -0.39 is 5.91 Å². The Kier molecular flexibility index (Phi) is 5.16. The summed E-state index contributed by atoms with van der Waals surface area (Å²) in [4.78, 5) is 23.6. The highest BCUT2D eigenvalue weighted by atomic mass is 16.2. The highest BCUT2D eigenvalue weighted by Gasteiger charge is 2.08. The summed E-state index contributed by atoms with van der Waals surface area (Å²) in [5.41, 5.74) is 3.93. The van der Waals surface area contributed by atoms with Crippen LogP contribution in [0, 0.1) is 0 Å². The van der Waals surface area contributed by atoms with E-state index in [2.05, 4.69) is 15.8 Å². The van der Waals surface area contributed by atoms with Gasteiger partial charge < -0.3 is 5.32 Å². The average molecular weight is 331 g/mol. The summed E-state index contributed by atoms with van der Waals surface area (Å²) in [7, 11) is 0. The topological polar surface area (TPSA) is 70.6 Å². The van der Waals surface area contributed by atoms with E-state index >= 15 is 0 Å². The highest BCUT2D eigenvalue weighted by Crippen LogP contribution is 2.16. The molecular weight excluding hydrogens is 314 g/mol. The fourth-order valence-electron chi connectivity index (χ4n) is 2.45. The minimum Gasteiger partial charge on any atom is -0.326 e. The molecule has 0 spiro atoms. The summed E-state index contributed by atoms with van der Waals surface area (Å²) in [6.45, 7) is 0. The van der Waals surface area contributed by atoms with Crippen LogP contribution in [0.25, 0.3) is 10.8 Å². The number of hydrogen-bond acceptors (Lipinski definition) is 3. The van der Waals surface area contributed by atoms with Crippen LogP contribution >= 0.6 is 0 Å². The largest absolute Gasteiger partial charge is 0.326 e. The van der Waals surface area contributed by atoms with Crippen molar-refractivity contribution in [2.24, 2.45) is 5.10 Å². The van der Waals surface area contributed by atoms with Gasteiger partial charge in [0.2, 0.25) is 11.8 Å². The van der Waals surface area contributed by atoms with E-state index in [-0.39, 0.29) is 12.3 Å². The van der Waals surface area contributed by atoms with E-state index in [1.165, 1.54) is 0 Å². The van der Waals surface area contributed by atoms with Crippen LogP contribution in [-0.2, 0) is 9.59 Å². The Morgan fingerprint density at radius 2 is 1.56 bits per heavy atom. The Morgan fingerprint density at radius 1 is 0.840 bits per heavy atom. The Bertz CT molecular complexity index is 915. The standard InChI is InChI=1S/C20H17N3O2/c24-19(22-17-10-2-1-3-11-17)13-20(25)23-21-14-16-9-6-8-15-7-4-5-12-18(15)16/h1-12,14H,13H2,(H,22,24)(H,23,25). The summed E-state index contributed by atoms with van der Waals surface area (Å²) in [5.74, 6) is -0.853. The SMILES string of the molecule is O=C(CC(=O)Nc1ccccc1)NN=Cc1cccc2ccccc12. The van der Waals surface area contributed by atoms with Gasteiger partial charge in [-0.3, -0.25) is 9.59 Å². The van der Waals surface area contributed by atoms with Crippen LogP contribution in [0.2, 0.25) is 0 Å². The smallest absolute Gasteiger partial charge is 0.249 e. The van der Waals surface area contributed by atoms with Crippen LogP contribution in [0.1, 0.15) is 12.0 Å². The van der Waals surface area contributed by atoms with E-state index in [9.17, 15) is 9.59 Å². The minimum absolute atomic E-state index is 0.290. The van der Waals surface area contributed by atoms with Gasteiger partial charge in [-0.1, -0.05) is 60.7 Å². The number of nitrogens with zero attached hydrogens (tertiary/aromatic N) is 1. The van der Waals surface area contributed by atoms with E-state index in [0.29, 0.717) is 5.69 Å². The second-order valence-electron chi connectivity index (χ2n) is 5.45. The van der Waals surface area contributed by atoms with Gasteiger partial charge in [0.1, 0.15) is 6.42 Å². The third-order valence-corrected chi connectivity index (χ3v) is 3.59. The minimum atomic E-state index is -0.468. The third kappa shape index (κ3) is 4.51. The number of carbonyl (C=O) groups is 2. The van der Waals surface area contributed by atoms with Gasteiger partial charge in [0.15, 0.2) is 0 Å². The lowest BCUT2D eigenvalue weighted by molar-refractivity contribution is -0.126. The number of hydrazone groups is 1. The van der Waals surface area contributed by atoms with Gasteiger partial charge in [-0.15, -0.1) is 0 Å². The van der Waals surface area contributed by atoms with Crippen molar-refractivity contribution in [1.82, 2.24) is 5.43 Å². The average Bonchev–Trinajstić information content (AvgIpc) is 2.62. The Hall–Kier alpha value is -3.47. The van der Waals surface area contributed by atoms with E-state index in [0.717, 1.165) is 16.3 Å². The van der Waals surface area contributed by atoms with Gasteiger partial charge in [-0.05, 0) is 22.9 Å². The van der Waals surface area contributed by atoms with E-state index in [1.54, 1.807) is 18.3 Å². The maximum absolute atomic E-state index is 11.8. The van der Waals surface area contributed by atoms with Gasteiger partial charge in [0.25, 0.3) is 0 Å². The van der Waals surface area contributed by atoms with Crippen molar-refractivity contribution < 1.29 is 9.59 Å². The van der Waals surface area contributed by atoms with Crippen molar-refractivity contribution in [2.75, 3.05) is 5.32 Å². The van der Waals surface area contributed by atoms with Crippen LogP contribution in [0.15, 0.2) is 77.9 Å². The van der Waals surface area contributed by atoms with Gasteiger partial charge in [0, 0.05) is 11.3 Å².